The third kappa shape index (κ3) is 6.98. The summed E-state index contributed by atoms with van der Waals surface area (Å²) >= 11 is 0. The van der Waals surface area contributed by atoms with Gasteiger partial charge in [-0.15, -0.1) is 0 Å². The quantitative estimate of drug-likeness (QED) is 0.169. The van der Waals surface area contributed by atoms with Crippen LogP contribution in [0.2, 0.25) is 0 Å². The van der Waals surface area contributed by atoms with Crippen LogP contribution in [0.5, 0.6) is 17.2 Å². The predicted molar refractivity (Wildman–Crippen MR) is 128 cm³/mol. The number of ether oxygens (including phenoxy) is 2. The molecular formula is C27H29NO4. The molecule has 5 heteroatoms. The summed E-state index contributed by atoms with van der Waals surface area (Å²) in [5, 5.41) is 10.3. The Morgan fingerprint density at radius 2 is 1.66 bits per heavy atom. The number of rotatable bonds is 10. The van der Waals surface area contributed by atoms with Gasteiger partial charge in [0.15, 0.2) is 0 Å². The number of aliphatic imine (C=N–C) groups is 1. The zero-order chi connectivity index (χ0) is 22.8. The summed E-state index contributed by atoms with van der Waals surface area (Å²) in [5.74, 6) is 0.474. The number of unbranched alkanes of at least 4 members (excludes halogenated alkanes) is 3. The van der Waals surface area contributed by atoms with E-state index < -0.39 is 5.97 Å². The highest BCUT2D eigenvalue weighted by molar-refractivity contribution is 5.91. The van der Waals surface area contributed by atoms with Gasteiger partial charge in [0.2, 0.25) is 0 Å². The number of nitrogens with zero attached hydrogens (tertiary/aromatic N) is 1. The number of aryl methyl sites for hydroxylation is 1. The van der Waals surface area contributed by atoms with Crippen LogP contribution in [0.15, 0.2) is 71.7 Å². The minimum absolute atomic E-state index is 0.0158. The van der Waals surface area contributed by atoms with Gasteiger partial charge in [0.25, 0.3) is 0 Å². The van der Waals surface area contributed by atoms with Crippen LogP contribution in [-0.4, -0.2) is 23.9 Å². The van der Waals surface area contributed by atoms with Crippen LogP contribution >= 0.6 is 0 Å². The van der Waals surface area contributed by atoms with E-state index >= 15 is 0 Å². The molecule has 5 nitrogen and oxygen atoms in total. The molecule has 0 aliphatic carbocycles. The Morgan fingerprint density at radius 1 is 0.938 bits per heavy atom. The number of aromatic hydroxyl groups is 1. The molecule has 0 unspecified atom stereocenters. The average Bonchev–Trinajstić information content (AvgIpc) is 2.80. The van der Waals surface area contributed by atoms with Gasteiger partial charge in [-0.25, -0.2) is 4.79 Å². The molecule has 0 atom stereocenters. The van der Waals surface area contributed by atoms with Crippen LogP contribution in [0.1, 0.15) is 54.1 Å². The van der Waals surface area contributed by atoms with Crippen molar-refractivity contribution in [3.05, 3.63) is 83.4 Å². The summed E-state index contributed by atoms with van der Waals surface area (Å²) in [6, 6.07) is 19.3. The maximum absolute atomic E-state index is 12.4. The van der Waals surface area contributed by atoms with E-state index in [4.69, 9.17) is 9.47 Å². The van der Waals surface area contributed by atoms with Crippen molar-refractivity contribution in [3.8, 4) is 17.2 Å². The Morgan fingerprint density at radius 3 is 2.34 bits per heavy atom. The van der Waals surface area contributed by atoms with Gasteiger partial charge in [0.1, 0.15) is 17.2 Å². The molecular weight excluding hydrogens is 402 g/mol. The molecule has 3 aromatic rings. The van der Waals surface area contributed by atoms with Crippen molar-refractivity contribution < 1.29 is 19.4 Å². The average molecular weight is 432 g/mol. The van der Waals surface area contributed by atoms with Crippen molar-refractivity contribution in [1.82, 2.24) is 0 Å². The Bertz CT molecular complexity index is 1040. The molecule has 166 valence electrons. The first-order valence-corrected chi connectivity index (χ1v) is 10.9. The number of carbonyl (C=O) groups is 1. The van der Waals surface area contributed by atoms with Gasteiger partial charge in [-0.2, -0.15) is 0 Å². The molecule has 0 aliphatic rings. The van der Waals surface area contributed by atoms with E-state index in [9.17, 15) is 9.90 Å². The lowest BCUT2D eigenvalue weighted by atomic mass is 10.2. The number of phenolic OH excluding ortho intramolecular Hbond substituents is 1. The van der Waals surface area contributed by atoms with Crippen molar-refractivity contribution in [1.29, 1.82) is 0 Å². The molecule has 0 amide bonds. The highest BCUT2D eigenvalue weighted by atomic mass is 16.5. The lowest BCUT2D eigenvalue weighted by Gasteiger charge is -2.08. The monoisotopic (exact) mass is 431 g/mol. The van der Waals surface area contributed by atoms with E-state index in [1.807, 2.05) is 31.2 Å². The number of esters is 1. The molecule has 0 aromatic heterocycles. The highest BCUT2D eigenvalue weighted by Crippen LogP contribution is 2.24. The zero-order valence-electron chi connectivity index (χ0n) is 18.6. The number of carbonyl (C=O) groups excluding carboxylic acids is 1. The van der Waals surface area contributed by atoms with Crippen molar-refractivity contribution >= 4 is 17.9 Å². The number of phenols is 1. The van der Waals surface area contributed by atoms with Crippen LogP contribution in [0, 0.1) is 6.92 Å². The molecule has 0 fully saturated rings. The van der Waals surface area contributed by atoms with Crippen LogP contribution in [0.3, 0.4) is 0 Å². The summed E-state index contributed by atoms with van der Waals surface area (Å²) < 4.78 is 11.1. The molecule has 0 saturated heterocycles. The van der Waals surface area contributed by atoms with E-state index in [-0.39, 0.29) is 11.5 Å². The SMILES string of the molecule is CCCCCCOc1ccc(C(=O)Oc2ccc(C=Nc3ccc(C)cc3)c(O)c2)cc1. The van der Waals surface area contributed by atoms with Gasteiger partial charge in [-0.05, 0) is 61.9 Å². The molecule has 32 heavy (non-hydrogen) atoms. The Labute approximate surface area is 189 Å². The first kappa shape index (κ1) is 23.1. The van der Waals surface area contributed by atoms with E-state index in [2.05, 4.69) is 11.9 Å². The molecule has 1 N–H and O–H groups in total. The standard InChI is InChI=1S/C27H29NO4/c1-3-4-5-6-17-31-24-14-9-21(10-15-24)27(30)32-25-16-11-22(26(29)18-25)19-28-23-12-7-20(2)8-13-23/h7-16,18-19,29H,3-6,17H2,1-2H3. The van der Waals surface area contributed by atoms with Gasteiger partial charge in [-0.3, -0.25) is 4.99 Å². The summed E-state index contributed by atoms with van der Waals surface area (Å²) in [7, 11) is 0. The molecule has 0 heterocycles. The van der Waals surface area contributed by atoms with Crippen molar-refractivity contribution in [2.24, 2.45) is 4.99 Å². The maximum Gasteiger partial charge on any atom is 0.343 e. The van der Waals surface area contributed by atoms with Crippen molar-refractivity contribution in [2.45, 2.75) is 39.5 Å². The summed E-state index contributed by atoms with van der Waals surface area (Å²) in [5.41, 5.74) is 2.89. The fourth-order valence-corrected chi connectivity index (χ4v) is 3.04. The van der Waals surface area contributed by atoms with E-state index in [0.29, 0.717) is 17.7 Å². The smallest absolute Gasteiger partial charge is 0.343 e. The molecule has 3 aromatic carbocycles. The van der Waals surface area contributed by atoms with Crippen LogP contribution in [-0.2, 0) is 0 Å². The van der Waals surface area contributed by atoms with Gasteiger partial charge >= 0.3 is 5.97 Å². The molecule has 0 bridgehead atoms. The summed E-state index contributed by atoms with van der Waals surface area (Å²) in [4.78, 5) is 16.8. The lowest BCUT2D eigenvalue weighted by molar-refractivity contribution is 0.0734. The van der Waals surface area contributed by atoms with Gasteiger partial charge in [0.05, 0.1) is 17.9 Å². The molecule has 0 spiro atoms. The second-order valence-corrected chi connectivity index (χ2v) is 7.64. The summed E-state index contributed by atoms with van der Waals surface area (Å²) in [6.07, 6.45) is 6.16. The van der Waals surface area contributed by atoms with Gasteiger partial charge in [0, 0.05) is 17.8 Å². The zero-order valence-corrected chi connectivity index (χ0v) is 18.6. The minimum atomic E-state index is -0.500. The second-order valence-electron chi connectivity index (χ2n) is 7.64. The predicted octanol–water partition coefficient (Wildman–Crippen LogP) is 6.63. The fourth-order valence-electron chi connectivity index (χ4n) is 3.04. The van der Waals surface area contributed by atoms with Crippen molar-refractivity contribution in [2.75, 3.05) is 6.61 Å². The molecule has 0 aliphatic heterocycles. The van der Waals surface area contributed by atoms with E-state index in [0.717, 1.165) is 29.8 Å². The second kappa shape index (κ2) is 11.7. The van der Waals surface area contributed by atoms with Crippen molar-refractivity contribution in [3.63, 3.8) is 0 Å². The Balaban J connectivity index is 1.55. The normalized spacial score (nSPS) is 10.9. The Hall–Kier alpha value is -3.60. The maximum atomic E-state index is 12.4. The third-order valence-corrected chi connectivity index (χ3v) is 4.96. The summed E-state index contributed by atoms with van der Waals surface area (Å²) in [6.45, 7) is 4.86. The Kier molecular flexibility index (Phi) is 8.44. The van der Waals surface area contributed by atoms with Gasteiger partial charge < -0.3 is 14.6 Å². The molecule has 0 radical (unpaired) electrons. The largest absolute Gasteiger partial charge is 0.507 e. The van der Waals surface area contributed by atoms with Gasteiger partial charge in [-0.1, -0.05) is 43.9 Å². The van der Waals surface area contributed by atoms with E-state index in [1.165, 1.54) is 18.9 Å². The topological polar surface area (TPSA) is 68.1 Å². The van der Waals surface area contributed by atoms with Crippen LogP contribution in [0.4, 0.5) is 5.69 Å². The molecule has 0 saturated carbocycles. The van der Waals surface area contributed by atoms with E-state index in [1.54, 1.807) is 42.6 Å². The fraction of sp³-hybridized carbons (Fsp3) is 0.259. The lowest BCUT2D eigenvalue weighted by Crippen LogP contribution is -2.08. The first-order chi connectivity index (χ1) is 15.5. The number of hydrogen-bond donors (Lipinski definition) is 1. The van der Waals surface area contributed by atoms with Crippen LogP contribution < -0.4 is 9.47 Å². The highest BCUT2D eigenvalue weighted by Gasteiger charge is 2.10. The number of benzene rings is 3. The first-order valence-electron chi connectivity index (χ1n) is 10.9. The molecule has 3 rings (SSSR count). The minimum Gasteiger partial charge on any atom is -0.507 e. The van der Waals surface area contributed by atoms with Crippen LogP contribution in [0.25, 0.3) is 0 Å². The third-order valence-electron chi connectivity index (χ3n) is 4.96. The number of hydrogen-bond acceptors (Lipinski definition) is 5.